The number of nitrogens with zero attached hydrogens (tertiary/aromatic N) is 1. The normalized spacial score (nSPS) is 30.8. The number of esters is 1. The van der Waals surface area contributed by atoms with Crippen LogP contribution in [-0.4, -0.2) is 34.6 Å². The van der Waals surface area contributed by atoms with Gasteiger partial charge in [0.05, 0.1) is 34.7 Å². The van der Waals surface area contributed by atoms with Crippen molar-refractivity contribution in [2.75, 3.05) is 11.5 Å². The zero-order valence-electron chi connectivity index (χ0n) is 20.3. The quantitative estimate of drug-likeness (QED) is 0.328. The number of rotatable bonds is 4. The molecule has 5 unspecified atom stereocenters. The molecule has 3 aromatic rings. The van der Waals surface area contributed by atoms with Gasteiger partial charge in [0.1, 0.15) is 0 Å². The van der Waals surface area contributed by atoms with E-state index in [-0.39, 0.29) is 64.1 Å². The summed E-state index contributed by atoms with van der Waals surface area (Å²) in [5.41, 5.74) is 2.01. The molecule has 194 valence electrons. The third-order valence-electron chi connectivity index (χ3n) is 8.59. The van der Waals surface area contributed by atoms with Gasteiger partial charge >= 0.3 is 10.8 Å². The van der Waals surface area contributed by atoms with Crippen molar-refractivity contribution >= 4 is 62.5 Å². The highest BCUT2D eigenvalue weighted by Crippen LogP contribution is 2.68. The van der Waals surface area contributed by atoms with Crippen LogP contribution in [0.4, 0.5) is 5.69 Å². The third kappa shape index (κ3) is 3.46. The number of hydrogen-bond acceptors (Lipinski definition) is 7. The predicted octanol–water partition coefficient (Wildman–Crippen LogP) is 5.05. The van der Waals surface area contributed by atoms with E-state index in [1.54, 1.807) is 43.0 Å². The van der Waals surface area contributed by atoms with Crippen LogP contribution in [0.5, 0.6) is 0 Å². The van der Waals surface area contributed by atoms with Crippen molar-refractivity contribution < 1.29 is 19.1 Å². The Bertz CT molecular complexity index is 1530. The van der Waals surface area contributed by atoms with Crippen molar-refractivity contribution in [1.29, 1.82) is 0 Å². The van der Waals surface area contributed by atoms with Crippen LogP contribution in [0, 0.1) is 29.6 Å². The Kier molecular flexibility index (Phi) is 5.72. The predicted molar refractivity (Wildman–Crippen MR) is 148 cm³/mol. The Labute approximate surface area is 235 Å². The number of halogens is 1. The summed E-state index contributed by atoms with van der Waals surface area (Å²) in [6.07, 6.45) is 0.844. The van der Waals surface area contributed by atoms with E-state index in [0.717, 1.165) is 26.4 Å². The van der Waals surface area contributed by atoms with E-state index in [2.05, 4.69) is 33.0 Å². The van der Waals surface area contributed by atoms with E-state index in [1.807, 2.05) is 12.1 Å². The number of thioether (sulfide) groups is 1. The summed E-state index contributed by atoms with van der Waals surface area (Å²) in [6.45, 7) is 2.02. The minimum atomic E-state index is -0.432. The van der Waals surface area contributed by atoms with Gasteiger partial charge in [-0.1, -0.05) is 39.4 Å². The first-order valence-electron chi connectivity index (χ1n) is 12.7. The maximum Gasteiger partial charge on any atom is 0.338 e. The van der Waals surface area contributed by atoms with Crippen molar-refractivity contribution in [1.82, 2.24) is 4.98 Å². The van der Waals surface area contributed by atoms with Crippen molar-refractivity contribution in [2.45, 2.75) is 29.5 Å². The fourth-order valence-corrected chi connectivity index (χ4v) is 10.4. The van der Waals surface area contributed by atoms with Gasteiger partial charge < -0.3 is 9.72 Å². The number of thiazole rings is 1. The van der Waals surface area contributed by atoms with Crippen molar-refractivity contribution in [3.63, 3.8) is 0 Å². The monoisotopic (exact) mass is 610 g/mol. The van der Waals surface area contributed by atoms with Gasteiger partial charge in [0.15, 0.2) is 0 Å². The van der Waals surface area contributed by atoms with Gasteiger partial charge in [-0.15, -0.1) is 11.8 Å². The lowest BCUT2D eigenvalue weighted by Gasteiger charge is -2.43. The first-order chi connectivity index (χ1) is 18.4. The Morgan fingerprint density at radius 2 is 1.71 bits per heavy atom. The smallest absolute Gasteiger partial charge is 0.338 e. The molecule has 2 aliphatic heterocycles. The second-order valence-corrected chi connectivity index (χ2v) is 13.4. The van der Waals surface area contributed by atoms with Crippen LogP contribution < -0.4 is 9.77 Å². The number of amides is 2. The van der Waals surface area contributed by atoms with Gasteiger partial charge in [-0.25, -0.2) is 4.79 Å². The molecular weight excluding hydrogens is 588 g/mol. The number of ether oxygens (including phenoxy) is 1. The van der Waals surface area contributed by atoms with Gasteiger partial charge in [0.2, 0.25) is 11.8 Å². The number of benzene rings is 2. The lowest BCUT2D eigenvalue weighted by Crippen LogP contribution is -2.42. The Morgan fingerprint density at radius 3 is 2.39 bits per heavy atom. The molecule has 1 N–H and O–H groups in total. The number of carbonyl (C=O) groups is 3. The van der Waals surface area contributed by atoms with E-state index in [4.69, 9.17) is 4.74 Å². The SMILES string of the molecule is CCOC(=O)c1ccc(N2C(=O)C3C(C2=O)[C@@H]2C[C@H]3C3Sc4[nH]c(=O)sc4C(c4ccc(Br)cc4)C32)cc1. The Morgan fingerprint density at radius 1 is 1.03 bits per heavy atom. The molecule has 3 fully saturated rings. The molecule has 2 saturated carbocycles. The molecule has 1 saturated heterocycles. The highest BCUT2D eigenvalue weighted by atomic mass is 79.9. The zero-order chi connectivity index (χ0) is 26.3. The van der Waals surface area contributed by atoms with Gasteiger partial charge in [-0.05, 0) is 73.1 Å². The molecule has 2 aliphatic carbocycles. The molecule has 0 spiro atoms. The summed E-state index contributed by atoms with van der Waals surface area (Å²) in [6, 6.07) is 14.7. The molecule has 7 rings (SSSR count). The zero-order valence-corrected chi connectivity index (χ0v) is 23.5. The average molecular weight is 612 g/mol. The highest BCUT2D eigenvalue weighted by Gasteiger charge is 2.69. The standard InChI is InChI=1S/C28H23BrN2O5S2/c1-2-36-27(34)13-5-9-15(10-6-13)31-25(32)20-16-11-17(21(20)26(31)33)22-19(16)18(12-3-7-14(29)8-4-12)23-24(37-22)30-28(35)38-23/h3-10,16-22H,2,11H2,1H3,(H,30,35)/t16-,17-,18?,19?,20?,21?,22?/m1/s1. The van der Waals surface area contributed by atoms with E-state index >= 15 is 0 Å². The molecule has 2 aromatic carbocycles. The van der Waals surface area contributed by atoms with E-state index in [9.17, 15) is 19.2 Å². The summed E-state index contributed by atoms with van der Waals surface area (Å²) < 4.78 is 6.04. The van der Waals surface area contributed by atoms with Crippen LogP contribution in [0.1, 0.15) is 40.1 Å². The van der Waals surface area contributed by atoms with E-state index < -0.39 is 5.97 Å². The lowest BCUT2D eigenvalue weighted by atomic mass is 9.68. The van der Waals surface area contributed by atoms with Gasteiger partial charge in [-0.3, -0.25) is 19.3 Å². The summed E-state index contributed by atoms with van der Waals surface area (Å²) >= 11 is 6.47. The third-order valence-corrected chi connectivity index (χ3v) is 11.7. The maximum absolute atomic E-state index is 13.9. The van der Waals surface area contributed by atoms with E-state index in [0.29, 0.717) is 11.3 Å². The topological polar surface area (TPSA) is 96.5 Å². The van der Waals surface area contributed by atoms with Gasteiger partial charge in [0, 0.05) is 20.5 Å². The van der Waals surface area contributed by atoms with E-state index in [1.165, 1.54) is 16.2 Å². The number of H-pyrrole nitrogens is 1. The number of fused-ring (bicyclic) bond motifs is 9. The first-order valence-corrected chi connectivity index (χ1v) is 15.2. The van der Waals surface area contributed by atoms with Crippen molar-refractivity contribution in [3.8, 4) is 0 Å². The van der Waals surface area contributed by atoms with Gasteiger partial charge in [-0.2, -0.15) is 0 Å². The molecule has 7 atom stereocenters. The number of carbonyl (C=O) groups excluding carboxylic acids is 3. The summed E-state index contributed by atoms with van der Waals surface area (Å²) in [4.78, 5) is 57.4. The average Bonchev–Trinajstić information content (AvgIpc) is 3.64. The summed E-state index contributed by atoms with van der Waals surface area (Å²) in [5, 5.41) is 1.05. The molecule has 10 heteroatoms. The number of imide groups is 1. The fraction of sp³-hybridized carbons (Fsp3) is 0.357. The Hall–Kier alpha value is -2.69. The minimum absolute atomic E-state index is 0.00469. The van der Waals surface area contributed by atoms with Crippen LogP contribution in [-0.2, 0) is 14.3 Å². The second kappa shape index (κ2) is 8.93. The summed E-state index contributed by atoms with van der Waals surface area (Å²) in [7, 11) is 0. The number of aromatic nitrogens is 1. The van der Waals surface area contributed by atoms with Crippen LogP contribution >= 0.6 is 39.0 Å². The minimum Gasteiger partial charge on any atom is -0.462 e. The molecule has 2 amide bonds. The number of anilines is 1. The number of hydrogen-bond donors (Lipinski definition) is 1. The first kappa shape index (κ1) is 24.4. The number of aromatic amines is 1. The largest absolute Gasteiger partial charge is 0.462 e. The second-order valence-electron chi connectivity index (χ2n) is 10.3. The summed E-state index contributed by atoms with van der Waals surface area (Å²) in [5.74, 6) is -1.17. The van der Waals surface area contributed by atoms with Gasteiger partial charge in [0.25, 0.3) is 0 Å². The molecule has 38 heavy (non-hydrogen) atoms. The molecular formula is C28H23BrN2O5S2. The molecule has 2 bridgehead atoms. The van der Waals surface area contributed by atoms with Crippen LogP contribution in [0.15, 0.2) is 62.8 Å². The lowest BCUT2D eigenvalue weighted by molar-refractivity contribution is -0.123. The van der Waals surface area contributed by atoms with Crippen molar-refractivity contribution in [3.05, 3.63) is 78.7 Å². The molecule has 0 radical (unpaired) electrons. The van der Waals surface area contributed by atoms with Crippen LogP contribution in [0.2, 0.25) is 0 Å². The number of nitrogens with one attached hydrogen (secondary N) is 1. The Balaban J connectivity index is 1.25. The fourth-order valence-electron chi connectivity index (χ4n) is 7.28. The van der Waals surface area contributed by atoms with Crippen LogP contribution in [0.3, 0.4) is 0 Å². The molecule has 4 aliphatic rings. The molecule has 3 heterocycles. The van der Waals surface area contributed by atoms with Crippen LogP contribution in [0.25, 0.3) is 0 Å². The highest BCUT2D eigenvalue weighted by molar-refractivity contribution is 9.10. The maximum atomic E-state index is 13.9. The van der Waals surface area contributed by atoms with Crippen molar-refractivity contribution in [2.24, 2.45) is 29.6 Å². The molecule has 7 nitrogen and oxygen atoms in total. The molecule has 1 aromatic heterocycles.